The smallest absolute Gasteiger partial charge is 0.129 e. The lowest BCUT2D eigenvalue weighted by molar-refractivity contribution is 0.365. The summed E-state index contributed by atoms with van der Waals surface area (Å²) in [4.78, 5) is 7.00. The van der Waals surface area contributed by atoms with Gasteiger partial charge in [0, 0.05) is 23.6 Å². The molecule has 1 aromatic rings. The van der Waals surface area contributed by atoms with Crippen LogP contribution < -0.4 is 10.6 Å². The summed E-state index contributed by atoms with van der Waals surface area (Å²) in [5.74, 6) is 1.84. The van der Waals surface area contributed by atoms with Crippen molar-refractivity contribution in [2.45, 2.75) is 32.7 Å². The summed E-state index contributed by atoms with van der Waals surface area (Å²) in [6.07, 6.45) is 2.40. The van der Waals surface area contributed by atoms with Gasteiger partial charge < -0.3 is 10.6 Å². The number of pyridine rings is 1. The molecule has 17 heavy (non-hydrogen) atoms. The normalized spacial score (nSPS) is 25.1. The van der Waals surface area contributed by atoms with Gasteiger partial charge >= 0.3 is 0 Å². The van der Waals surface area contributed by atoms with Crippen molar-refractivity contribution in [1.29, 1.82) is 0 Å². The molecule has 94 valence electrons. The predicted molar refractivity (Wildman–Crippen MR) is 75.3 cm³/mol. The van der Waals surface area contributed by atoms with Gasteiger partial charge in [0.2, 0.25) is 0 Å². The molecule has 1 aliphatic heterocycles. The van der Waals surface area contributed by atoms with E-state index in [2.05, 4.69) is 44.9 Å². The third-order valence-electron chi connectivity index (χ3n) is 3.55. The van der Waals surface area contributed by atoms with Crippen molar-refractivity contribution in [3.05, 3.63) is 22.3 Å². The summed E-state index contributed by atoms with van der Waals surface area (Å²) < 4.78 is 1.07. The fraction of sp³-hybridized carbons (Fsp3) is 0.615. The number of aromatic nitrogens is 1. The van der Waals surface area contributed by atoms with Crippen LogP contribution in [0.15, 0.2) is 16.6 Å². The van der Waals surface area contributed by atoms with E-state index < -0.39 is 0 Å². The summed E-state index contributed by atoms with van der Waals surface area (Å²) in [5, 5.41) is 0. The van der Waals surface area contributed by atoms with Crippen LogP contribution in [0.2, 0.25) is 0 Å². The zero-order valence-corrected chi connectivity index (χ0v) is 12.1. The number of hydrogen-bond donors (Lipinski definition) is 1. The average molecular weight is 298 g/mol. The molecule has 0 amide bonds. The van der Waals surface area contributed by atoms with Crippen LogP contribution in [0.1, 0.15) is 25.5 Å². The Hall–Kier alpha value is -0.610. The molecular weight excluding hydrogens is 278 g/mol. The first-order chi connectivity index (χ1) is 8.11. The zero-order valence-electron chi connectivity index (χ0n) is 10.5. The summed E-state index contributed by atoms with van der Waals surface area (Å²) >= 11 is 3.49. The summed E-state index contributed by atoms with van der Waals surface area (Å²) in [5.41, 5.74) is 6.92. The first kappa shape index (κ1) is 12.8. The number of anilines is 1. The van der Waals surface area contributed by atoms with Crippen LogP contribution in [0, 0.1) is 12.8 Å². The molecule has 2 atom stereocenters. The molecule has 0 aromatic carbocycles. The molecular formula is C13H20BrN3. The maximum Gasteiger partial charge on any atom is 0.129 e. The van der Waals surface area contributed by atoms with E-state index in [1.807, 2.05) is 6.92 Å². The molecule has 1 saturated heterocycles. The highest BCUT2D eigenvalue weighted by atomic mass is 79.9. The number of aryl methyl sites for hydroxylation is 1. The minimum absolute atomic E-state index is 0.437. The quantitative estimate of drug-likeness (QED) is 0.913. The molecule has 3 nitrogen and oxygen atoms in total. The fourth-order valence-electron chi connectivity index (χ4n) is 2.47. The lowest BCUT2D eigenvalue weighted by atomic mass is 9.92. The van der Waals surface area contributed by atoms with E-state index in [4.69, 9.17) is 5.73 Å². The van der Waals surface area contributed by atoms with Gasteiger partial charge in [0.25, 0.3) is 0 Å². The third kappa shape index (κ3) is 2.80. The number of rotatable bonds is 2. The minimum Gasteiger partial charge on any atom is -0.352 e. The van der Waals surface area contributed by atoms with Gasteiger partial charge in [-0.05, 0) is 53.7 Å². The van der Waals surface area contributed by atoms with Gasteiger partial charge in [0.05, 0.1) is 5.69 Å². The lowest BCUT2D eigenvalue weighted by Crippen LogP contribution is -2.46. The second-order valence-electron chi connectivity index (χ2n) is 4.95. The highest BCUT2D eigenvalue weighted by Gasteiger charge is 2.26. The molecule has 2 unspecified atom stereocenters. The Balaban J connectivity index is 2.22. The Bertz CT molecular complexity index is 394. The van der Waals surface area contributed by atoms with Gasteiger partial charge in [-0.2, -0.15) is 0 Å². The number of hydrogen-bond acceptors (Lipinski definition) is 3. The fourth-order valence-corrected chi connectivity index (χ4v) is 2.69. The molecule has 0 aliphatic carbocycles. The van der Waals surface area contributed by atoms with E-state index in [1.165, 1.54) is 12.8 Å². The van der Waals surface area contributed by atoms with E-state index in [-0.39, 0.29) is 0 Å². The van der Waals surface area contributed by atoms with Gasteiger partial charge in [0.1, 0.15) is 5.82 Å². The van der Waals surface area contributed by atoms with Crippen molar-refractivity contribution in [2.75, 3.05) is 18.0 Å². The Kier molecular flexibility index (Phi) is 4.05. The molecule has 2 N–H and O–H groups in total. The monoisotopic (exact) mass is 297 g/mol. The van der Waals surface area contributed by atoms with Crippen LogP contribution in [-0.2, 0) is 0 Å². The lowest BCUT2D eigenvalue weighted by Gasteiger charge is -2.39. The maximum absolute atomic E-state index is 5.88. The van der Waals surface area contributed by atoms with Crippen molar-refractivity contribution in [3.63, 3.8) is 0 Å². The topological polar surface area (TPSA) is 42.2 Å². The molecule has 0 saturated carbocycles. The Morgan fingerprint density at radius 3 is 2.94 bits per heavy atom. The number of nitrogens with two attached hydrogens (primary N) is 1. The average Bonchev–Trinajstić information content (AvgIpc) is 2.32. The summed E-state index contributed by atoms with van der Waals surface area (Å²) in [7, 11) is 0. The number of nitrogens with zero attached hydrogens (tertiary/aromatic N) is 2. The first-order valence-electron chi connectivity index (χ1n) is 6.21. The van der Waals surface area contributed by atoms with Crippen molar-refractivity contribution in [1.82, 2.24) is 4.98 Å². The molecule has 0 bridgehead atoms. The van der Waals surface area contributed by atoms with Crippen LogP contribution >= 0.6 is 15.9 Å². The van der Waals surface area contributed by atoms with Crippen molar-refractivity contribution in [2.24, 2.45) is 11.7 Å². The van der Waals surface area contributed by atoms with Crippen LogP contribution in [0.5, 0.6) is 0 Å². The van der Waals surface area contributed by atoms with Crippen molar-refractivity contribution >= 4 is 21.7 Å². The van der Waals surface area contributed by atoms with E-state index in [0.717, 1.165) is 28.4 Å². The van der Waals surface area contributed by atoms with E-state index >= 15 is 0 Å². The van der Waals surface area contributed by atoms with Crippen molar-refractivity contribution < 1.29 is 0 Å². The zero-order chi connectivity index (χ0) is 12.4. The Morgan fingerprint density at radius 2 is 2.29 bits per heavy atom. The van der Waals surface area contributed by atoms with E-state index in [1.54, 1.807) is 0 Å². The van der Waals surface area contributed by atoms with Gasteiger partial charge in [-0.3, -0.25) is 0 Å². The molecule has 4 heteroatoms. The van der Waals surface area contributed by atoms with Gasteiger partial charge in [-0.1, -0.05) is 6.92 Å². The molecule has 2 heterocycles. The predicted octanol–water partition coefficient (Wildman–Crippen LogP) is 2.72. The second kappa shape index (κ2) is 5.36. The second-order valence-corrected chi connectivity index (χ2v) is 5.80. The van der Waals surface area contributed by atoms with Crippen LogP contribution in [0.3, 0.4) is 0 Å². The first-order valence-corrected chi connectivity index (χ1v) is 7.01. The molecule has 1 aliphatic rings. The highest BCUT2D eigenvalue weighted by molar-refractivity contribution is 9.10. The maximum atomic E-state index is 5.88. The minimum atomic E-state index is 0.437. The molecule has 1 fully saturated rings. The highest BCUT2D eigenvalue weighted by Crippen LogP contribution is 2.27. The van der Waals surface area contributed by atoms with Crippen LogP contribution in [-0.4, -0.2) is 24.1 Å². The third-order valence-corrected chi connectivity index (χ3v) is 4.39. The molecule has 1 aromatic heterocycles. The standard InChI is InChI=1S/C13H20BrN3/c1-9-5-6-17(11(7-9)8-15)13-4-3-12(14)10(2)16-13/h3-4,9,11H,5-8,15H2,1-2H3. The van der Waals surface area contributed by atoms with Gasteiger partial charge in [-0.25, -0.2) is 4.98 Å². The van der Waals surface area contributed by atoms with Crippen molar-refractivity contribution in [3.8, 4) is 0 Å². The molecule has 0 radical (unpaired) electrons. The van der Waals surface area contributed by atoms with Crippen LogP contribution in [0.4, 0.5) is 5.82 Å². The van der Waals surface area contributed by atoms with Gasteiger partial charge in [-0.15, -0.1) is 0 Å². The summed E-state index contributed by atoms with van der Waals surface area (Å²) in [6.45, 7) is 6.11. The number of halogens is 1. The Labute approximate surface area is 112 Å². The number of piperidine rings is 1. The largest absolute Gasteiger partial charge is 0.352 e. The van der Waals surface area contributed by atoms with Crippen LogP contribution in [0.25, 0.3) is 0 Å². The van der Waals surface area contributed by atoms with Gasteiger partial charge in [0.15, 0.2) is 0 Å². The summed E-state index contributed by atoms with van der Waals surface area (Å²) in [6, 6.07) is 4.59. The molecule has 2 rings (SSSR count). The SMILES string of the molecule is Cc1nc(N2CCC(C)CC2CN)ccc1Br. The van der Waals surface area contributed by atoms with E-state index in [0.29, 0.717) is 12.6 Å². The molecule has 0 spiro atoms. The Morgan fingerprint density at radius 1 is 1.53 bits per heavy atom. The van der Waals surface area contributed by atoms with E-state index in [9.17, 15) is 0 Å².